The highest BCUT2D eigenvalue weighted by atomic mass is 16.6. The molecule has 0 saturated heterocycles. The fourth-order valence-electron chi connectivity index (χ4n) is 1.53. The molecule has 1 aromatic carbocycles. The van der Waals surface area contributed by atoms with Crippen molar-refractivity contribution < 1.29 is 9.72 Å². The molecule has 0 spiro atoms. The minimum absolute atomic E-state index is 0.0164. The van der Waals surface area contributed by atoms with Gasteiger partial charge < -0.3 is 10.6 Å². The van der Waals surface area contributed by atoms with Crippen molar-refractivity contribution in [3.8, 4) is 0 Å². The third-order valence-corrected chi connectivity index (χ3v) is 2.67. The lowest BCUT2D eigenvalue weighted by Gasteiger charge is -2.17. The monoisotopic (exact) mass is 251 g/mol. The Kier molecular flexibility index (Phi) is 5.26. The summed E-state index contributed by atoms with van der Waals surface area (Å²) in [6.07, 6.45) is 2.01. The van der Waals surface area contributed by atoms with E-state index in [1.54, 1.807) is 19.2 Å². The zero-order valence-corrected chi connectivity index (χ0v) is 10.3. The Morgan fingerprint density at radius 1 is 1.33 bits per heavy atom. The summed E-state index contributed by atoms with van der Waals surface area (Å²) in [5.74, 6) is -0.0164. The van der Waals surface area contributed by atoms with E-state index in [2.05, 4.69) is 0 Å². The first-order chi connectivity index (χ1) is 8.56. The SMILES string of the molecule is CN(C(=O)CCCCN)c1ccc([N+](=O)[O-])cc1. The van der Waals surface area contributed by atoms with Crippen molar-refractivity contribution in [1.82, 2.24) is 0 Å². The molecule has 2 N–H and O–H groups in total. The number of hydrogen-bond donors (Lipinski definition) is 1. The number of amides is 1. The number of nitrogens with two attached hydrogens (primary N) is 1. The molecule has 0 aliphatic heterocycles. The number of nitrogens with zero attached hydrogens (tertiary/aromatic N) is 2. The molecule has 0 unspecified atom stereocenters. The van der Waals surface area contributed by atoms with Gasteiger partial charge in [0.1, 0.15) is 0 Å². The molecule has 1 amide bonds. The summed E-state index contributed by atoms with van der Waals surface area (Å²) >= 11 is 0. The number of anilines is 1. The van der Waals surface area contributed by atoms with E-state index in [0.29, 0.717) is 18.7 Å². The van der Waals surface area contributed by atoms with Gasteiger partial charge in [0.05, 0.1) is 4.92 Å². The van der Waals surface area contributed by atoms with Gasteiger partial charge in [-0.2, -0.15) is 0 Å². The smallest absolute Gasteiger partial charge is 0.269 e. The quantitative estimate of drug-likeness (QED) is 0.473. The normalized spacial score (nSPS) is 10.1. The number of carbonyl (C=O) groups excluding carboxylic acids is 1. The van der Waals surface area contributed by atoms with E-state index in [9.17, 15) is 14.9 Å². The standard InChI is InChI=1S/C12H17N3O3/c1-14(12(16)4-2-3-9-13)10-5-7-11(8-6-10)15(17)18/h5-8H,2-4,9,13H2,1H3. The van der Waals surface area contributed by atoms with Gasteiger partial charge in [0.25, 0.3) is 5.69 Å². The minimum Gasteiger partial charge on any atom is -0.330 e. The summed E-state index contributed by atoms with van der Waals surface area (Å²) in [4.78, 5) is 23.3. The van der Waals surface area contributed by atoms with E-state index in [1.165, 1.54) is 17.0 Å². The Labute approximate surface area is 106 Å². The van der Waals surface area contributed by atoms with Crippen molar-refractivity contribution in [2.45, 2.75) is 19.3 Å². The summed E-state index contributed by atoms with van der Waals surface area (Å²) in [7, 11) is 1.66. The van der Waals surface area contributed by atoms with Crippen molar-refractivity contribution in [2.24, 2.45) is 5.73 Å². The number of nitro groups is 1. The third kappa shape index (κ3) is 3.81. The second kappa shape index (κ2) is 6.70. The number of unbranched alkanes of at least 4 members (excludes halogenated alkanes) is 1. The summed E-state index contributed by atoms with van der Waals surface area (Å²) in [5, 5.41) is 10.5. The molecule has 6 heteroatoms. The first-order valence-electron chi connectivity index (χ1n) is 5.77. The maximum Gasteiger partial charge on any atom is 0.269 e. The van der Waals surface area contributed by atoms with E-state index in [1.807, 2.05) is 0 Å². The predicted molar refractivity (Wildman–Crippen MR) is 69.4 cm³/mol. The highest BCUT2D eigenvalue weighted by molar-refractivity contribution is 5.92. The van der Waals surface area contributed by atoms with Gasteiger partial charge in [-0.3, -0.25) is 14.9 Å². The van der Waals surface area contributed by atoms with Crippen LogP contribution in [0, 0.1) is 10.1 Å². The number of benzene rings is 1. The number of nitro benzene ring substituents is 1. The van der Waals surface area contributed by atoms with Gasteiger partial charge in [-0.05, 0) is 31.5 Å². The first kappa shape index (κ1) is 14.1. The highest BCUT2D eigenvalue weighted by Crippen LogP contribution is 2.19. The Bertz CT molecular complexity index is 417. The first-order valence-corrected chi connectivity index (χ1v) is 5.77. The van der Waals surface area contributed by atoms with Crippen LogP contribution < -0.4 is 10.6 Å². The molecule has 0 aliphatic rings. The van der Waals surface area contributed by atoms with E-state index in [-0.39, 0.29) is 11.6 Å². The summed E-state index contributed by atoms with van der Waals surface area (Å²) in [6, 6.07) is 5.91. The molecule has 0 fully saturated rings. The van der Waals surface area contributed by atoms with Crippen molar-refractivity contribution >= 4 is 17.3 Å². The van der Waals surface area contributed by atoms with Crippen LogP contribution in [0.2, 0.25) is 0 Å². The lowest BCUT2D eigenvalue weighted by atomic mass is 10.2. The molecule has 0 heterocycles. The van der Waals surface area contributed by atoms with Crippen molar-refractivity contribution in [2.75, 3.05) is 18.5 Å². The third-order valence-electron chi connectivity index (χ3n) is 2.67. The molecule has 18 heavy (non-hydrogen) atoms. The molecule has 0 atom stereocenters. The molecule has 0 aliphatic carbocycles. The van der Waals surface area contributed by atoms with Crippen LogP contribution >= 0.6 is 0 Å². The Balaban J connectivity index is 2.63. The molecule has 0 bridgehead atoms. The second-order valence-electron chi connectivity index (χ2n) is 3.97. The molecule has 0 saturated carbocycles. The zero-order valence-electron chi connectivity index (χ0n) is 10.3. The van der Waals surface area contributed by atoms with Gasteiger partial charge in [-0.15, -0.1) is 0 Å². The van der Waals surface area contributed by atoms with Crippen LogP contribution in [0.5, 0.6) is 0 Å². The zero-order chi connectivity index (χ0) is 13.5. The highest BCUT2D eigenvalue weighted by Gasteiger charge is 2.12. The molecular formula is C12H17N3O3. The summed E-state index contributed by atoms with van der Waals surface area (Å²) in [5.41, 5.74) is 6.03. The van der Waals surface area contributed by atoms with E-state index in [4.69, 9.17) is 5.73 Å². The molecular weight excluding hydrogens is 234 g/mol. The number of carbonyl (C=O) groups is 1. The summed E-state index contributed by atoms with van der Waals surface area (Å²) < 4.78 is 0. The molecule has 6 nitrogen and oxygen atoms in total. The molecule has 98 valence electrons. The topological polar surface area (TPSA) is 89.5 Å². The second-order valence-corrected chi connectivity index (χ2v) is 3.97. The number of rotatable bonds is 6. The maximum atomic E-state index is 11.8. The molecule has 1 rings (SSSR count). The van der Waals surface area contributed by atoms with Crippen LogP contribution in [0.4, 0.5) is 11.4 Å². The molecule has 0 aromatic heterocycles. The number of non-ortho nitro benzene ring substituents is 1. The lowest BCUT2D eigenvalue weighted by molar-refractivity contribution is -0.384. The van der Waals surface area contributed by atoms with Gasteiger partial charge in [-0.25, -0.2) is 0 Å². The van der Waals surface area contributed by atoms with E-state index < -0.39 is 4.92 Å². The van der Waals surface area contributed by atoms with Crippen LogP contribution in [0.1, 0.15) is 19.3 Å². The van der Waals surface area contributed by atoms with Crippen LogP contribution in [-0.2, 0) is 4.79 Å². The fourth-order valence-corrected chi connectivity index (χ4v) is 1.53. The number of hydrogen-bond acceptors (Lipinski definition) is 4. The van der Waals surface area contributed by atoms with Crippen LogP contribution in [0.3, 0.4) is 0 Å². The predicted octanol–water partition coefficient (Wildman–Crippen LogP) is 1.69. The van der Waals surface area contributed by atoms with Gasteiger partial charge in [0.15, 0.2) is 0 Å². The van der Waals surface area contributed by atoms with Crippen LogP contribution in [0.15, 0.2) is 24.3 Å². The van der Waals surface area contributed by atoms with Crippen molar-refractivity contribution in [3.05, 3.63) is 34.4 Å². The summed E-state index contributed by atoms with van der Waals surface area (Å²) in [6.45, 7) is 0.578. The van der Waals surface area contributed by atoms with Crippen molar-refractivity contribution in [1.29, 1.82) is 0 Å². The van der Waals surface area contributed by atoms with E-state index in [0.717, 1.165) is 12.8 Å². The Morgan fingerprint density at radius 2 is 1.94 bits per heavy atom. The van der Waals surface area contributed by atoms with Crippen LogP contribution in [0.25, 0.3) is 0 Å². The average molecular weight is 251 g/mol. The average Bonchev–Trinajstić information content (AvgIpc) is 2.38. The van der Waals surface area contributed by atoms with Crippen molar-refractivity contribution in [3.63, 3.8) is 0 Å². The Morgan fingerprint density at radius 3 is 2.44 bits per heavy atom. The Hall–Kier alpha value is -1.95. The maximum absolute atomic E-state index is 11.8. The van der Waals surface area contributed by atoms with Gasteiger partial charge in [0.2, 0.25) is 5.91 Å². The van der Waals surface area contributed by atoms with Gasteiger partial charge in [-0.1, -0.05) is 0 Å². The fraction of sp³-hybridized carbons (Fsp3) is 0.417. The van der Waals surface area contributed by atoms with Gasteiger partial charge >= 0.3 is 0 Å². The molecule has 0 radical (unpaired) electrons. The van der Waals surface area contributed by atoms with E-state index >= 15 is 0 Å². The minimum atomic E-state index is -0.465. The lowest BCUT2D eigenvalue weighted by Crippen LogP contribution is -2.25. The van der Waals surface area contributed by atoms with Gasteiger partial charge in [0, 0.05) is 31.3 Å². The molecule has 1 aromatic rings. The van der Waals surface area contributed by atoms with Crippen LogP contribution in [-0.4, -0.2) is 24.4 Å². The largest absolute Gasteiger partial charge is 0.330 e.